The summed E-state index contributed by atoms with van der Waals surface area (Å²) in [6, 6.07) is 15.0. The number of benzene rings is 2. The number of thioether (sulfide) groups is 1. The second-order valence-electron chi connectivity index (χ2n) is 8.48. The minimum atomic E-state index is -0.516. The van der Waals surface area contributed by atoms with Crippen LogP contribution in [0.2, 0.25) is 5.02 Å². The van der Waals surface area contributed by atoms with E-state index in [0.29, 0.717) is 44.4 Å². The SMILES string of the molecule is C=CCn1c(SCC(=O)Nc2scc(-c3ccc(C)cc3)c2C(=O)OC)nnc1C(C)Oc1ccccc1Cl. The Balaban J connectivity index is 1.48. The number of carbonyl (C=O) groups excluding carboxylic acids is 2. The van der Waals surface area contributed by atoms with Gasteiger partial charge in [-0.25, -0.2) is 4.79 Å². The van der Waals surface area contributed by atoms with Crippen molar-refractivity contribution >= 4 is 51.6 Å². The van der Waals surface area contributed by atoms with Crippen LogP contribution in [0.4, 0.5) is 5.00 Å². The van der Waals surface area contributed by atoms with Crippen molar-refractivity contribution in [1.29, 1.82) is 0 Å². The molecule has 0 aliphatic carbocycles. The highest BCUT2D eigenvalue weighted by Crippen LogP contribution is 2.36. The van der Waals surface area contributed by atoms with Crippen LogP contribution in [-0.2, 0) is 16.1 Å². The van der Waals surface area contributed by atoms with E-state index in [2.05, 4.69) is 22.1 Å². The first-order valence-corrected chi connectivity index (χ1v) is 14.2. The molecule has 0 saturated heterocycles. The van der Waals surface area contributed by atoms with Crippen molar-refractivity contribution in [3.8, 4) is 16.9 Å². The van der Waals surface area contributed by atoms with E-state index in [-0.39, 0.29) is 11.7 Å². The molecule has 2 aromatic heterocycles. The summed E-state index contributed by atoms with van der Waals surface area (Å²) in [7, 11) is 1.32. The fourth-order valence-electron chi connectivity index (χ4n) is 3.78. The van der Waals surface area contributed by atoms with E-state index in [9.17, 15) is 9.59 Å². The number of aromatic nitrogens is 3. The van der Waals surface area contributed by atoms with Gasteiger partial charge < -0.3 is 14.8 Å². The average Bonchev–Trinajstić information content (AvgIpc) is 3.53. The summed E-state index contributed by atoms with van der Waals surface area (Å²) in [5.74, 6) is 0.352. The highest BCUT2D eigenvalue weighted by Gasteiger charge is 2.24. The summed E-state index contributed by atoms with van der Waals surface area (Å²) >= 11 is 8.73. The lowest BCUT2D eigenvalue weighted by Crippen LogP contribution is -2.17. The third-order valence-electron chi connectivity index (χ3n) is 5.69. The van der Waals surface area contributed by atoms with Crippen LogP contribution in [0.5, 0.6) is 5.75 Å². The summed E-state index contributed by atoms with van der Waals surface area (Å²) in [6.45, 7) is 8.10. The van der Waals surface area contributed by atoms with E-state index in [1.165, 1.54) is 30.2 Å². The molecular weight excluding hydrogens is 556 g/mol. The number of rotatable bonds is 11. The molecule has 2 heterocycles. The Labute approximate surface area is 240 Å². The Hall–Kier alpha value is -3.60. The number of para-hydroxylation sites is 1. The van der Waals surface area contributed by atoms with Gasteiger partial charge in [0.2, 0.25) is 5.91 Å². The largest absolute Gasteiger partial charge is 0.481 e. The molecular formula is C28H27ClN4O4S2. The smallest absolute Gasteiger partial charge is 0.341 e. The molecule has 0 fully saturated rings. The number of anilines is 1. The monoisotopic (exact) mass is 582 g/mol. The van der Waals surface area contributed by atoms with Crippen LogP contribution in [-0.4, -0.2) is 39.5 Å². The van der Waals surface area contributed by atoms with Crippen molar-refractivity contribution in [3.63, 3.8) is 0 Å². The first-order valence-electron chi connectivity index (χ1n) is 12.0. The van der Waals surface area contributed by atoms with Gasteiger partial charge in [-0.2, -0.15) is 0 Å². The molecule has 4 aromatic rings. The maximum Gasteiger partial charge on any atom is 0.341 e. The molecule has 8 nitrogen and oxygen atoms in total. The van der Waals surface area contributed by atoms with Crippen LogP contribution < -0.4 is 10.1 Å². The van der Waals surface area contributed by atoms with Crippen LogP contribution in [0, 0.1) is 6.92 Å². The maximum atomic E-state index is 12.9. The average molecular weight is 583 g/mol. The van der Waals surface area contributed by atoms with Gasteiger partial charge in [-0.15, -0.1) is 28.1 Å². The fourth-order valence-corrected chi connectivity index (χ4v) is 5.69. The number of aryl methyl sites for hydroxylation is 1. The number of nitrogens with zero attached hydrogens (tertiary/aromatic N) is 3. The number of esters is 1. The molecule has 0 aliphatic heterocycles. The summed E-state index contributed by atoms with van der Waals surface area (Å²) in [6.07, 6.45) is 1.27. The molecule has 2 aromatic carbocycles. The van der Waals surface area contributed by atoms with E-state index in [1.54, 1.807) is 18.2 Å². The first kappa shape index (κ1) is 28.4. The van der Waals surface area contributed by atoms with Gasteiger partial charge in [-0.1, -0.05) is 71.4 Å². The molecule has 0 bridgehead atoms. The number of hydrogen-bond acceptors (Lipinski definition) is 8. The van der Waals surface area contributed by atoms with Gasteiger partial charge in [-0.3, -0.25) is 9.36 Å². The van der Waals surface area contributed by atoms with Crippen LogP contribution in [0.1, 0.15) is 34.8 Å². The number of allylic oxidation sites excluding steroid dienone is 1. The molecule has 202 valence electrons. The second kappa shape index (κ2) is 13.0. The van der Waals surface area contributed by atoms with E-state index in [4.69, 9.17) is 21.1 Å². The van der Waals surface area contributed by atoms with Crippen LogP contribution in [0.15, 0.2) is 71.7 Å². The zero-order valence-electron chi connectivity index (χ0n) is 21.6. The van der Waals surface area contributed by atoms with Gasteiger partial charge in [0.15, 0.2) is 17.1 Å². The molecule has 39 heavy (non-hydrogen) atoms. The van der Waals surface area contributed by atoms with Crippen molar-refractivity contribution in [1.82, 2.24) is 14.8 Å². The number of halogens is 1. The number of ether oxygens (including phenoxy) is 2. The Bertz CT molecular complexity index is 1480. The minimum Gasteiger partial charge on any atom is -0.481 e. The number of amides is 1. The van der Waals surface area contributed by atoms with Crippen LogP contribution in [0.25, 0.3) is 11.1 Å². The third kappa shape index (κ3) is 6.70. The number of hydrogen-bond donors (Lipinski definition) is 1. The number of thiophene rings is 1. The van der Waals surface area contributed by atoms with E-state index >= 15 is 0 Å². The highest BCUT2D eigenvalue weighted by molar-refractivity contribution is 7.99. The van der Waals surface area contributed by atoms with Crippen molar-refractivity contribution < 1.29 is 19.1 Å². The van der Waals surface area contributed by atoms with E-state index in [1.807, 2.05) is 60.2 Å². The zero-order chi connectivity index (χ0) is 27.9. The molecule has 0 saturated carbocycles. The zero-order valence-corrected chi connectivity index (χ0v) is 24.0. The first-order chi connectivity index (χ1) is 18.8. The summed E-state index contributed by atoms with van der Waals surface area (Å²) < 4.78 is 12.9. The molecule has 1 amide bonds. The van der Waals surface area contributed by atoms with Gasteiger partial charge in [-0.05, 0) is 31.5 Å². The van der Waals surface area contributed by atoms with Crippen molar-refractivity contribution in [2.45, 2.75) is 31.7 Å². The predicted molar refractivity (Wildman–Crippen MR) is 156 cm³/mol. The van der Waals surface area contributed by atoms with Crippen LogP contribution in [0.3, 0.4) is 0 Å². The summed E-state index contributed by atoms with van der Waals surface area (Å²) in [5, 5.41) is 14.7. The van der Waals surface area contributed by atoms with Gasteiger partial charge >= 0.3 is 5.97 Å². The molecule has 0 radical (unpaired) electrons. The molecule has 1 unspecified atom stereocenters. The lowest BCUT2D eigenvalue weighted by molar-refractivity contribution is -0.113. The Kier molecular flexibility index (Phi) is 9.45. The predicted octanol–water partition coefficient (Wildman–Crippen LogP) is 6.81. The lowest BCUT2D eigenvalue weighted by atomic mass is 10.0. The molecule has 4 rings (SSSR count). The Morgan fingerprint density at radius 2 is 1.95 bits per heavy atom. The molecule has 1 atom stereocenters. The van der Waals surface area contributed by atoms with E-state index < -0.39 is 12.1 Å². The lowest BCUT2D eigenvalue weighted by Gasteiger charge is -2.16. The molecule has 0 spiro atoms. The molecule has 11 heteroatoms. The van der Waals surface area contributed by atoms with Crippen molar-refractivity contribution in [2.75, 3.05) is 18.2 Å². The quantitative estimate of drug-likeness (QED) is 0.118. The maximum absolute atomic E-state index is 12.9. The Morgan fingerprint density at radius 3 is 2.64 bits per heavy atom. The van der Waals surface area contributed by atoms with Crippen molar-refractivity contribution in [2.24, 2.45) is 0 Å². The number of methoxy groups -OCH3 is 1. The number of carbonyl (C=O) groups is 2. The minimum absolute atomic E-state index is 0.0490. The third-order valence-corrected chi connectivity index (χ3v) is 7.86. The summed E-state index contributed by atoms with van der Waals surface area (Å²) in [4.78, 5) is 25.6. The highest BCUT2D eigenvalue weighted by atomic mass is 35.5. The van der Waals surface area contributed by atoms with Gasteiger partial charge in [0.1, 0.15) is 16.3 Å². The van der Waals surface area contributed by atoms with Gasteiger partial charge in [0.05, 0.1) is 17.9 Å². The molecule has 0 aliphatic rings. The Morgan fingerprint density at radius 1 is 1.21 bits per heavy atom. The van der Waals surface area contributed by atoms with Gasteiger partial charge in [0.25, 0.3) is 0 Å². The fraction of sp³-hybridized carbons (Fsp3) is 0.214. The number of nitrogens with one attached hydrogen (secondary N) is 1. The van der Waals surface area contributed by atoms with E-state index in [0.717, 1.165) is 11.1 Å². The van der Waals surface area contributed by atoms with Gasteiger partial charge in [0, 0.05) is 17.5 Å². The van der Waals surface area contributed by atoms with Crippen LogP contribution >= 0.6 is 34.7 Å². The van der Waals surface area contributed by atoms with Crippen molar-refractivity contribution in [3.05, 3.63) is 88.5 Å². The molecule has 1 N–H and O–H groups in total. The second-order valence-corrected chi connectivity index (χ2v) is 10.7. The standard InChI is InChI=1S/C28H27ClN4O4S2/c1-5-14-33-25(18(3)37-22-9-7-6-8-21(22)29)31-32-28(33)39-16-23(34)30-26-24(27(35)36-4)20(15-38-26)19-12-10-17(2)11-13-19/h5-13,15,18H,1,14,16H2,2-4H3,(H,30,34). The summed E-state index contributed by atoms with van der Waals surface area (Å²) in [5.41, 5.74) is 3.01. The topological polar surface area (TPSA) is 95.3 Å². The normalized spacial score (nSPS) is 11.6.